The van der Waals surface area contributed by atoms with Crippen LogP contribution in [0.4, 0.5) is 8.78 Å². The van der Waals surface area contributed by atoms with Gasteiger partial charge in [0.2, 0.25) is 0 Å². The van der Waals surface area contributed by atoms with E-state index in [-0.39, 0.29) is 35.3 Å². The summed E-state index contributed by atoms with van der Waals surface area (Å²) in [6.07, 6.45) is 3.66. The van der Waals surface area contributed by atoms with Crippen molar-refractivity contribution in [3.8, 4) is 5.75 Å². The van der Waals surface area contributed by atoms with Crippen LogP contribution in [0.2, 0.25) is 5.02 Å². The van der Waals surface area contributed by atoms with Crippen LogP contribution in [0.5, 0.6) is 5.75 Å². The lowest BCUT2D eigenvalue weighted by molar-refractivity contribution is 0.234. The lowest BCUT2D eigenvalue weighted by atomic mass is 10.1. The fourth-order valence-electron chi connectivity index (χ4n) is 4.32. The van der Waals surface area contributed by atoms with Gasteiger partial charge in [0.1, 0.15) is 29.0 Å². The third kappa shape index (κ3) is 5.73. The first-order valence-corrected chi connectivity index (χ1v) is 11.8. The average Bonchev–Trinajstić information content (AvgIpc) is 3.25. The lowest BCUT2D eigenvalue weighted by Gasteiger charge is -2.26. The van der Waals surface area contributed by atoms with Crippen molar-refractivity contribution in [2.45, 2.75) is 19.7 Å². The van der Waals surface area contributed by atoms with Crippen LogP contribution >= 0.6 is 24.0 Å². The maximum atomic E-state index is 13.9. The molecule has 10 heteroatoms. The first-order chi connectivity index (χ1) is 17.0. The summed E-state index contributed by atoms with van der Waals surface area (Å²) in [5.74, 6) is -1.23. The van der Waals surface area contributed by atoms with Crippen molar-refractivity contribution in [3.63, 3.8) is 0 Å². The fraction of sp³-hybridized carbons (Fsp3) is 0.269. The highest BCUT2D eigenvalue weighted by Gasteiger charge is 2.14. The molecule has 36 heavy (non-hydrogen) atoms. The highest BCUT2D eigenvalue weighted by atomic mass is 35.5. The normalized spacial score (nSPS) is 14.1. The van der Waals surface area contributed by atoms with Crippen molar-refractivity contribution < 1.29 is 13.5 Å². The van der Waals surface area contributed by atoms with Gasteiger partial charge in [0.25, 0.3) is 5.56 Å². The Labute approximate surface area is 218 Å². The second-order valence-electron chi connectivity index (χ2n) is 8.67. The maximum absolute atomic E-state index is 13.9. The molecular formula is C26H26Cl2F2N4O2. The highest BCUT2D eigenvalue weighted by molar-refractivity contribution is 6.31. The zero-order valence-electron chi connectivity index (χ0n) is 19.4. The van der Waals surface area contributed by atoms with E-state index in [4.69, 9.17) is 16.3 Å². The smallest absolute Gasteiger partial charge is 0.273 e. The first kappa shape index (κ1) is 26.2. The van der Waals surface area contributed by atoms with Crippen LogP contribution in [-0.4, -0.2) is 40.6 Å². The molecule has 2 aromatic heterocycles. The summed E-state index contributed by atoms with van der Waals surface area (Å²) in [4.78, 5) is 18.6. The van der Waals surface area contributed by atoms with Crippen LogP contribution in [0, 0.1) is 11.6 Å². The molecule has 0 spiro atoms. The van der Waals surface area contributed by atoms with Gasteiger partial charge in [0.15, 0.2) is 0 Å². The molecule has 4 aromatic rings. The number of nitrogens with one attached hydrogen (secondary N) is 2. The number of piperazine rings is 1. The molecule has 6 nitrogen and oxygen atoms in total. The summed E-state index contributed by atoms with van der Waals surface area (Å²) in [6.45, 7) is 5.07. The largest absolute Gasteiger partial charge is 0.487 e. The number of hydrogen-bond acceptors (Lipinski definition) is 4. The van der Waals surface area contributed by atoms with E-state index in [2.05, 4.69) is 27.5 Å². The Morgan fingerprint density at radius 3 is 2.58 bits per heavy atom. The highest BCUT2D eigenvalue weighted by Crippen LogP contribution is 2.24. The number of halogens is 4. The minimum absolute atomic E-state index is 0. The van der Waals surface area contributed by atoms with Gasteiger partial charge in [-0.2, -0.15) is 0 Å². The molecule has 0 atom stereocenters. The van der Waals surface area contributed by atoms with Crippen LogP contribution in [0.15, 0.2) is 59.7 Å². The van der Waals surface area contributed by atoms with Crippen LogP contribution in [0.3, 0.4) is 0 Å². The van der Waals surface area contributed by atoms with Crippen LogP contribution in [0.25, 0.3) is 10.9 Å². The number of fused-ring (bicyclic) bond motifs is 1. The molecule has 0 radical (unpaired) electrons. The Hall–Kier alpha value is -2.91. The number of aromatic amines is 1. The van der Waals surface area contributed by atoms with Crippen LogP contribution in [-0.2, 0) is 19.7 Å². The summed E-state index contributed by atoms with van der Waals surface area (Å²) in [6, 6.07) is 10.9. The summed E-state index contributed by atoms with van der Waals surface area (Å²) in [5.41, 5.74) is 3.02. The molecule has 2 aromatic carbocycles. The predicted molar refractivity (Wildman–Crippen MR) is 139 cm³/mol. The van der Waals surface area contributed by atoms with E-state index in [9.17, 15) is 13.6 Å². The van der Waals surface area contributed by atoms with Crippen molar-refractivity contribution in [3.05, 3.63) is 98.6 Å². The Bertz CT molecular complexity index is 1420. The summed E-state index contributed by atoms with van der Waals surface area (Å²) >= 11 is 6.28. The van der Waals surface area contributed by atoms with E-state index in [1.807, 2.05) is 12.1 Å². The van der Waals surface area contributed by atoms with Gasteiger partial charge < -0.3 is 19.6 Å². The number of benzene rings is 2. The van der Waals surface area contributed by atoms with E-state index in [1.54, 1.807) is 12.3 Å². The van der Waals surface area contributed by atoms with Gasteiger partial charge in [-0.05, 0) is 41.5 Å². The topological polar surface area (TPSA) is 62.3 Å². The number of pyridine rings is 1. The molecule has 1 aliphatic rings. The monoisotopic (exact) mass is 534 g/mol. The van der Waals surface area contributed by atoms with Gasteiger partial charge in [-0.3, -0.25) is 9.69 Å². The van der Waals surface area contributed by atoms with Crippen molar-refractivity contribution in [2.24, 2.45) is 0 Å². The van der Waals surface area contributed by atoms with Gasteiger partial charge in [-0.15, -0.1) is 12.4 Å². The molecule has 3 heterocycles. The molecule has 5 rings (SSSR count). The quantitative estimate of drug-likeness (QED) is 0.360. The third-order valence-corrected chi connectivity index (χ3v) is 6.61. The third-order valence-electron chi connectivity index (χ3n) is 6.26. The van der Waals surface area contributed by atoms with E-state index in [0.717, 1.165) is 61.3 Å². The SMILES string of the molecule is Cl.O=c1c(Cl)c(OCc2ccc(F)cc2F)ccn1Cc1ccc2[nH]cc(CN3CCNCC3)c2c1. The summed E-state index contributed by atoms with van der Waals surface area (Å²) in [5, 5.41) is 4.42. The molecule has 1 fully saturated rings. The molecule has 1 saturated heterocycles. The van der Waals surface area contributed by atoms with E-state index in [1.165, 1.54) is 16.2 Å². The molecule has 1 aliphatic heterocycles. The van der Waals surface area contributed by atoms with Gasteiger partial charge in [0, 0.05) is 67.7 Å². The van der Waals surface area contributed by atoms with E-state index in [0.29, 0.717) is 6.54 Å². The standard InChI is InChI=1S/C26H25ClF2N4O2.ClH/c27-25-24(35-16-18-2-3-20(28)12-22(18)29)5-8-33(26(25)34)14-17-1-4-23-21(11-17)19(13-31-23)15-32-9-6-30-7-10-32;/h1-5,8,11-13,30-31H,6-7,9-10,14-16H2;1H. The number of aromatic nitrogens is 2. The van der Waals surface area contributed by atoms with E-state index < -0.39 is 17.2 Å². The maximum Gasteiger partial charge on any atom is 0.273 e. The molecule has 0 amide bonds. The zero-order valence-corrected chi connectivity index (χ0v) is 21.0. The first-order valence-electron chi connectivity index (χ1n) is 11.5. The van der Waals surface area contributed by atoms with Gasteiger partial charge >= 0.3 is 0 Å². The van der Waals surface area contributed by atoms with Crippen LogP contribution in [0.1, 0.15) is 16.7 Å². The van der Waals surface area contributed by atoms with Crippen molar-refractivity contribution in [1.82, 2.24) is 19.8 Å². The van der Waals surface area contributed by atoms with Crippen molar-refractivity contribution in [1.29, 1.82) is 0 Å². The number of hydrogen-bond donors (Lipinski definition) is 2. The fourth-order valence-corrected chi connectivity index (χ4v) is 4.55. The molecule has 0 unspecified atom stereocenters. The second kappa shape index (κ2) is 11.4. The van der Waals surface area contributed by atoms with Gasteiger partial charge in [-0.1, -0.05) is 17.7 Å². The number of H-pyrrole nitrogens is 1. The number of rotatable bonds is 7. The van der Waals surface area contributed by atoms with Crippen LogP contribution < -0.4 is 15.6 Å². The molecule has 0 saturated carbocycles. The van der Waals surface area contributed by atoms with Gasteiger partial charge in [-0.25, -0.2) is 8.78 Å². The lowest BCUT2D eigenvalue weighted by Crippen LogP contribution is -2.42. The molecule has 2 N–H and O–H groups in total. The Balaban J connectivity index is 0.00000304. The van der Waals surface area contributed by atoms with E-state index >= 15 is 0 Å². The average molecular weight is 535 g/mol. The minimum atomic E-state index is -0.717. The second-order valence-corrected chi connectivity index (χ2v) is 9.05. The predicted octanol–water partition coefficient (Wildman–Crippen LogP) is 4.72. The van der Waals surface area contributed by atoms with Gasteiger partial charge in [0.05, 0.1) is 6.54 Å². The number of nitrogens with zero attached hydrogens (tertiary/aromatic N) is 2. The minimum Gasteiger partial charge on any atom is -0.487 e. The molecule has 0 bridgehead atoms. The van der Waals surface area contributed by atoms with Crippen molar-refractivity contribution in [2.75, 3.05) is 26.2 Å². The summed E-state index contributed by atoms with van der Waals surface area (Å²) in [7, 11) is 0. The Morgan fingerprint density at radius 2 is 1.81 bits per heavy atom. The summed E-state index contributed by atoms with van der Waals surface area (Å²) < 4.78 is 34.0. The molecule has 0 aliphatic carbocycles. The molecular weight excluding hydrogens is 509 g/mol. The van der Waals surface area contributed by atoms with Crippen molar-refractivity contribution >= 4 is 34.9 Å². The Kier molecular flexibility index (Phi) is 8.31. The number of ether oxygens (including phenoxy) is 1. The zero-order chi connectivity index (χ0) is 24.4. The molecule has 190 valence electrons. The Morgan fingerprint density at radius 1 is 1.00 bits per heavy atom.